The zero-order chi connectivity index (χ0) is 11.1. The molecule has 0 atom stereocenters. The molecular formula is C13H20N2. The van der Waals surface area contributed by atoms with Crippen molar-refractivity contribution in [2.75, 3.05) is 23.8 Å². The van der Waals surface area contributed by atoms with Crippen LogP contribution < -0.4 is 10.2 Å². The van der Waals surface area contributed by atoms with Gasteiger partial charge in [-0.05, 0) is 31.9 Å². The summed E-state index contributed by atoms with van der Waals surface area (Å²) in [7, 11) is 2.18. The molecule has 0 bridgehead atoms. The molecule has 2 rings (SSSR count). The average molecular weight is 204 g/mol. The SMILES string of the molecule is CCc1cccc2c1NCC(C)(C)N2C. The molecule has 1 aliphatic rings. The van der Waals surface area contributed by atoms with Gasteiger partial charge in [-0.25, -0.2) is 0 Å². The van der Waals surface area contributed by atoms with E-state index in [1.807, 2.05) is 0 Å². The maximum absolute atomic E-state index is 3.56. The van der Waals surface area contributed by atoms with E-state index in [4.69, 9.17) is 0 Å². The molecule has 0 saturated carbocycles. The third-order valence-electron chi connectivity index (χ3n) is 3.48. The molecule has 0 amide bonds. The molecule has 0 aromatic heterocycles. The number of nitrogens with zero attached hydrogens (tertiary/aromatic N) is 1. The molecule has 2 nitrogen and oxygen atoms in total. The summed E-state index contributed by atoms with van der Waals surface area (Å²) < 4.78 is 0. The van der Waals surface area contributed by atoms with E-state index in [1.165, 1.54) is 16.9 Å². The quantitative estimate of drug-likeness (QED) is 0.756. The van der Waals surface area contributed by atoms with Gasteiger partial charge < -0.3 is 10.2 Å². The zero-order valence-electron chi connectivity index (χ0n) is 10.1. The summed E-state index contributed by atoms with van der Waals surface area (Å²) in [6.07, 6.45) is 1.09. The molecule has 82 valence electrons. The predicted octanol–water partition coefficient (Wildman–Crippen LogP) is 2.89. The van der Waals surface area contributed by atoms with E-state index in [0.717, 1.165) is 13.0 Å². The van der Waals surface area contributed by atoms with Crippen LogP contribution in [-0.4, -0.2) is 19.1 Å². The second-order valence-electron chi connectivity index (χ2n) is 4.89. The van der Waals surface area contributed by atoms with Crippen LogP contribution >= 0.6 is 0 Å². The third kappa shape index (κ3) is 1.58. The Morgan fingerprint density at radius 3 is 2.80 bits per heavy atom. The standard InChI is InChI=1S/C13H20N2/c1-5-10-7-6-8-11-12(10)14-9-13(2,3)15(11)4/h6-8,14H,5,9H2,1-4H3. The zero-order valence-corrected chi connectivity index (χ0v) is 10.1. The molecule has 15 heavy (non-hydrogen) atoms. The number of aryl methyl sites for hydroxylation is 1. The highest BCUT2D eigenvalue weighted by Crippen LogP contribution is 2.37. The Kier molecular flexibility index (Phi) is 2.37. The van der Waals surface area contributed by atoms with Crippen LogP contribution in [0.3, 0.4) is 0 Å². The fourth-order valence-corrected chi connectivity index (χ4v) is 2.11. The fraction of sp³-hybridized carbons (Fsp3) is 0.538. The Hall–Kier alpha value is -1.18. The normalized spacial score (nSPS) is 18.3. The largest absolute Gasteiger partial charge is 0.381 e. The number of fused-ring (bicyclic) bond motifs is 1. The van der Waals surface area contributed by atoms with Crippen molar-refractivity contribution in [3.63, 3.8) is 0 Å². The lowest BCUT2D eigenvalue weighted by Gasteiger charge is -2.43. The number of anilines is 2. The number of rotatable bonds is 1. The average Bonchev–Trinajstić information content (AvgIpc) is 2.23. The van der Waals surface area contributed by atoms with Crippen LogP contribution in [0, 0.1) is 0 Å². The van der Waals surface area contributed by atoms with Gasteiger partial charge in [0.15, 0.2) is 0 Å². The Balaban J connectivity index is 2.49. The van der Waals surface area contributed by atoms with Crippen LogP contribution in [0.25, 0.3) is 0 Å². The minimum atomic E-state index is 0.194. The first-order chi connectivity index (χ1) is 7.06. The van der Waals surface area contributed by atoms with Gasteiger partial charge in [0.05, 0.1) is 16.9 Å². The minimum absolute atomic E-state index is 0.194. The van der Waals surface area contributed by atoms with Gasteiger partial charge >= 0.3 is 0 Å². The van der Waals surface area contributed by atoms with Gasteiger partial charge in [-0.1, -0.05) is 19.1 Å². The van der Waals surface area contributed by atoms with Crippen molar-refractivity contribution in [3.05, 3.63) is 23.8 Å². The molecule has 0 aliphatic carbocycles. The molecule has 1 aliphatic heterocycles. The number of benzene rings is 1. The van der Waals surface area contributed by atoms with Crippen molar-refractivity contribution in [3.8, 4) is 0 Å². The monoisotopic (exact) mass is 204 g/mol. The number of hydrogen-bond donors (Lipinski definition) is 1. The third-order valence-corrected chi connectivity index (χ3v) is 3.48. The van der Waals surface area contributed by atoms with Crippen LogP contribution in [-0.2, 0) is 6.42 Å². The minimum Gasteiger partial charge on any atom is -0.381 e. The summed E-state index contributed by atoms with van der Waals surface area (Å²) >= 11 is 0. The Labute approximate surface area is 92.3 Å². The van der Waals surface area contributed by atoms with Crippen LogP contribution in [0.15, 0.2) is 18.2 Å². The van der Waals surface area contributed by atoms with Gasteiger partial charge in [0.25, 0.3) is 0 Å². The van der Waals surface area contributed by atoms with E-state index in [0.29, 0.717) is 0 Å². The summed E-state index contributed by atoms with van der Waals surface area (Å²) in [4.78, 5) is 2.37. The molecule has 1 aromatic rings. The van der Waals surface area contributed by atoms with E-state index in [9.17, 15) is 0 Å². The van der Waals surface area contributed by atoms with Gasteiger partial charge in [-0.3, -0.25) is 0 Å². The van der Waals surface area contributed by atoms with Crippen molar-refractivity contribution in [2.24, 2.45) is 0 Å². The number of hydrogen-bond acceptors (Lipinski definition) is 2. The van der Waals surface area contributed by atoms with Crippen molar-refractivity contribution in [1.82, 2.24) is 0 Å². The van der Waals surface area contributed by atoms with E-state index >= 15 is 0 Å². The summed E-state index contributed by atoms with van der Waals surface area (Å²) in [6, 6.07) is 6.55. The smallest absolute Gasteiger partial charge is 0.0611 e. The lowest BCUT2D eigenvalue weighted by molar-refractivity contribution is 0.502. The lowest BCUT2D eigenvalue weighted by Crippen LogP contribution is -2.50. The van der Waals surface area contributed by atoms with E-state index < -0.39 is 0 Å². The number of likely N-dealkylation sites (N-methyl/N-ethyl adjacent to an activating group) is 1. The molecule has 0 spiro atoms. The maximum atomic E-state index is 3.56. The van der Waals surface area contributed by atoms with Crippen LogP contribution in [0.5, 0.6) is 0 Å². The van der Waals surface area contributed by atoms with Gasteiger partial charge in [0.1, 0.15) is 0 Å². The highest BCUT2D eigenvalue weighted by molar-refractivity contribution is 5.76. The summed E-state index contributed by atoms with van der Waals surface area (Å²) in [5, 5.41) is 3.56. The summed E-state index contributed by atoms with van der Waals surface area (Å²) in [6.45, 7) is 7.74. The van der Waals surface area contributed by atoms with Crippen LogP contribution in [0.2, 0.25) is 0 Å². The van der Waals surface area contributed by atoms with Gasteiger partial charge in [-0.15, -0.1) is 0 Å². The topological polar surface area (TPSA) is 15.3 Å². The van der Waals surface area contributed by atoms with Crippen molar-refractivity contribution >= 4 is 11.4 Å². The van der Waals surface area contributed by atoms with Crippen LogP contribution in [0.4, 0.5) is 11.4 Å². The molecule has 0 saturated heterocycles. The van der Waals surface area contributed by atoms with Gasteiger partial charge in [0.2, 0.25) is 0 Å². The first-order valence-corrected chi connectivity index (χ1v) is 5.66. The molecule has 1 N–H and O–H groups in total. The molecule has 0 fully saturated rings. The van der Waals surface area contributed by atoms with Crippen molar-refractivity contribution < 1.29 is 0 Å². The number of para-hydroxylation sites is 1. The first kappa shape index (κ1) is 10.3. The summed E-state index contributed by atoms with van der Waals surface area (Å²) in [5.41, 5.74) is 4.25. The molecule has 0 radical (unpaired) electrons. The van der Waals surface area contributed by atoms with Gasteiger partial charge in [0, 0.05) is 13.6 Å². The Morgan fingerprint density at radius 2 is 2.13 bits per heavy atom. The van der Waals surface area contributed by atoms with Crippen molar-refractivity contribution in [1.29, 1.82) is 0 Å². The first-order valence-electron chi connectivity index (χ1n) is 5.66. The highest BCUT2D eigenvalue weighted by Gasteiger charge is 2.30. The fourth-order valence-electron chi connectivity index (χ4n) is 2.11. The van der Waals surface area contributed by atoms with Crippen molar-refractivity contribution in [2.45, 2.75) is 32.7 Å². The molecule has 1 aromatic carbocycles. The second kappa shape index (κ2) is 3.44. The van der Waals surface area contributed by atoms with E-state index in [-0.39, 0.29) is 5.54 Å². The highest BCUT2D eigenvalue weighted by atomic mass is 15.2. The van der Waals surface area contributed by atoms with Gasteiger partial charge in [-0.2, -0.15) is 0 Å². The molecule has 2 heteroatoms. The van der Waals surface area contributed by atoms with E-state index in [2.05, 4.69) is 56.2 Å². The maximum Gasteiger partial charge on any atom is 0.0611 e. The molecule has 1 heterocycles. The number of nitrogens with one attached hydrogen (secondary N) is 1. The van der Waals surface area contributed by atoms with Crippen LogP contribution in [0.1, 0.15) is 26.3 Å². The second-order valence-corrected chi connectivity index (χ2v) is 4.89. The summed E-state index contributed by atoms with van der Waals surface area (Å²) in [5.74, 6) is 0. The molecular weight excluding hydrogens is 184 g/mol. The Bertz CT molecular complexity index is 369. The predicted molar refractivity (Wildman–Crippen MR) is 66.8 cm³/mol. The van der Waals surface area contributed by atoms with E-state index in [1.54, 1.807) is 0 Å². The molecule has 0 unspecified atom stereocenters. The Morgan fingerprint density at radius 1 is 1.40 bits per heavy atom. The lowest BCUT2D eigenvalue weighted by atomic mass is 9.96.